The molecule has 7 heteroatoms. The number of halogens is 1. The number of carbonyl (C=O) groups excluding carboxylic acids is 1. The smallest absolute Gasteiger partial charge is 0.224 e. The molecule has 138 valence electrons. The van der Waals surface area contributed by atoms with Gasteiger partial charge in [-0.15, -0.1) is 0 Å². The molecule has 3 rings (SSSR count). The van der Waals surface area contributed by atoms with Gasteiger partial charge < -0.3 is 15.1 Å². The average Bonchev–Trinajstić information content (AvgIpc) is 2.64. The van der Waals surface area contributed by atoms with Gasteiger partial charge in [-0.05, 0) is 30.5 Å². The number of anilines is 2. The second-order valence-electron chi connectivity index (χ2n) is 6.78. The van der Waals surface area contributed by atoms with Gasteiger partial charge in [0.1, 0.15) is 23.8 Å². The van der Waals surface area contributed by atoms with E-state index < -0.39 is 0 Å². The van der Waals surface area contributed by atoms with E-state index in [4.69, 9.17) is 0 Å². The molecule has 0 spiro atoms. The Morgan fingerprint density at radius 1 is 1.31 bits per heavy atom. The number of carbonyl (C=O) groups is 1. The molecular formula is C19H24FN5O. The zero-order valence-corrected chi connectivity index (χ0v) is 15.2. The van der Waals surface area contributed by atoms with Crippen LogP contribution in [0.4, 0.5) is 16.0 Å². The average molecular weight is 357 g/mol. The Labute approximate surface area is 153 Å². The van der Waals surface area contributed by atoms with Gasteiger partial charge >= 0.3 is 0 Å². The Hall–Kier alpha value is -2.70. The van der Waals surface area contributed by atoms with Crippen molar-refractivity contribution in [3.63, 3.8) is 0 Å². The first-order valence-electron chi connectivity index (χ1n) is 8.79. The van der Waals surface area contributed by atoms with Crippen LogP contribution in [-0.2, 0) is 11.2 Å². The molecule has 1 unspecified atom stereocenters. The van der Waals surface area contributed by atoms with E-state index in [0.29, 0.717) is 0 Å². The van der Waals surface area contributed by atoms with Crippen molar-refractivity contribution < 1.29 is 9.18 Å². The van der Waals surface area contributed by atoms with Crippen LogP contribution in [0, 0.1) is 5.82 Å². The van der Waals surface area contributed by atoms with Gasteiger partial charge in [0.05, 0.1) is 6.42 Å². The van der Waals surface area contributed by atoms with Gasteiger partial charge in [0.15, 0.2) is 0 Å². The van der Waals surface area contributed by atoms with Crippen LogP contribution in [0.1, 0.15) is 18.4 Å². The Balaban J connectivity index is 1.58. The monoisotopic (exact) mass is 357 g/mol. The zero-order chi connectivity index (χ0) is 18.5. The Morgan fingerprint density at radius 3 is 2.81 bits per heavy atom. The maximum atomic E-state index is 13.0. The van der Waals surface area contributed by atoms with Crippen molar-refractivity contribution in [2.24, 2.45) is 0 Å². The lowest BCUT2D eigenvalue weighted by Crippen LogP contribution is -2.48. The van der Waals surface area contributed by atoms with Crippen LogP contribution in [0.3, 0.4) is 0 Å². The van der Waals surface area contributed by atoms with Gasteiger partial charge in [0, 0.05) is 39.3 Å². The van der Waals surface area contributed by atoms with Crippen LogP contribution in [0.2, 0.25) is 0 Å². The first kappa shape index (κ1) is 18.1. The van der Waals surface area contributed by atoms with Crippen molar-refractivity contribution in [1.29, 1.82) is 0 Å². The van der Waals surface area contributed by atoms with Crippen molar-refractivity contribution in [1.82, 2.24) is 15.3 Å². The highest BCUT2D eigenvalue weighted by Crippen LogP contribution is 2.20. The fourth-order valence-electron chi connectivity index (χ4n) is 3.12. The molecule has 1 amide bonds. The van der Waals surface area contributed by atoms with Gasteiger partial charge in [0.2, 0.25) is 5.91 Å². The molecule has 0 saturated carbocycles. The maximum Gasteiger partial charge on any atom is 0.224 e. The highest BCUT2D eigenvalue weighted by atomic mass is 19.1. The van der Waals surface area contributed by atoms with Crippen LogP contribution in [0.15, 0.2) is 36.7 Å². The second kappa shape index (κ2) is 8.12. The molecule has 1 aromatic carbocycles. The number of hydrogen-bond acceptors (Lipinski definition) is 5. The Kier molecular flexibility index (Phi) is 5.65. The van der Waals surface area contributed by atoms with E-state index in [1.54, 1.807) is 18.5 Å². The lowest BCUT2D eigenvalue weighted by molar-refractivity contribution is -0.121. The van der Waals surface area contributed by atoms with Crippen molar-refractivity contribution >= 4 is 17.5 Å². The molecule has 6 nitrogen and oxygen atoms in total. The van der Waals surface area contributed by atoms with Crippen LogP contribution in [-0.4, -0.2) is 49.1 Å². The maximum absolute atomic E-state index is 13.0. The number of aromatic nitrogens is 2. The molecule has 0 radical (unpaired) electrons. The van der Waals surface area contributed by atoms with E-state index in [1.165, 1.54) is 12.1 Å². The number of amides is 1. The zero-order valence-electron chi connectivity index (χ0n) is 15.2. The first-order valence-corrected chi connectivity index (χ1v) is 8.79. The quantitative estimate of drug-likeness (QED) is 0.887. The van der Waals surface area contributed by atoms with Crippen molar-refractivity contribution in [2.45, 2.75) is 25.3 Å². The van der Waals surface area contributed by atoms with Crippen LogP contribution in [0.5, 0.6) is 0 Å². The van der Waals surface area contributed by atoms with Gasteiger partial charge in [0.25, 0.3) is 0 Å². The third-order valence-corrected chi connectivity index (χ3v) is 4.48. The lowest BCUT2D eigenvalue weighted by atomic mass is 10.0. The Bertz CT molecular complexity index is 750. The molecular weight excluding hydrogens is 333 g/mol. The summed E-state index contributed by atoms with van der Waals surface area (Å²) in [6.07, 6.45) is 3.76. The largest absolute Gasteiger partial charge is 0.363 e. The van der Waals surface area contributed by atoms with Crippen molar-refractivity contribution in [3.8, 4) is 0 Å². The molecule has 0 bridgehead atoms. The van der Waals surface area contributed by atoms with Gasteiger partial charge in [-0.1, -0.05) is 12.1 Å². The number of benzene rings is 1. The van der Waals surface area contributed by atoms with Crippen LogP contribution < -0.4 is 15.1 Å². The summed E-state index contributed by atoms with van der Waals surface area (Å²) in [5, 5.41) is 3.09. The van der Waals surface area contributed by atoms with Crippen LogP contribution in [0.25, 0.3) is 0 Å². The molecule has 1 saturated heterocycles. The van der Waals surface area contributed by atoms with E-state index in [1.807, 2.05) is 25.1 Å². The second-order valence-corrected chi connectivity index (χ2v) is 6.78. The third kappa shape index (κ3) is 4.68. The number of rotatable bonds is 5. The van der Waals surface area contributed by atoms with E-state index in [9.17, 15) is 9.18 Å². The molecule has 1 aliphatic rings. The predicted molar refractivity (Wildman–Crippen MR) is 99.8 cm³/mol. The summed E-state index contributed by atoms with van der Waals surface area (Å²) in [6, 6.07) is 8.08. The summed E-state index contributed by atoms with van der Waals surface area (Å²) in [7, 11) is 3.89. The molecule has 1 fully saturated rings. The van der Waals surface area contributed by atoms with E-state index in [-0.39, 0.29) is 24.2 Å². The molecule has 1 N–H and O–H groups in total. The molecule has 1 atom stereocenters. The van der Waals surface area contributed by atoms with E-state index in [2.05, 4.69) is 20.2 Å². The van der Waals surface area contributed by atoms with Gasteiger partial charge in [-0.2, -0.15) is 0 Å². The van der Waals surface area contributed by atoms with Gasteiger partial charge in [-0.25, -0.2) is 14.4 Å². The summed E-state index contributed by atoms with van der Waals surface area (Å²) < 4.78 is 13.0. The molecule has 2 heterocycles. The summed E-state index contributed by atoms with van der Waals surface area (Å²) in [6.45, 7) is 1.63. The standard InChI is InChI=1S/C19H24FN5O/c1-24(2)17-11-18(22-13-21-17)25-9-3-4-16(12-25)23-19(26)10-14-5-7-15(20)8-6-14/h5-8,11,13,16H,3-4,9-10,12H2,1-2H3,(H,23,26). The minimum absolute atomic E-state index is 0.0415. The van der Waals surface area contributed by atoms with Gasteiger partial charge in [-0.3, -0.25) is 4.79 Å². The summed E-state index contributed by atoms with van der Waals surface area (Å²) in [5.74, 6) is 1.40. The minimum atomic E-state index is -0.293. The van der Waals surface area contributed by atoms with E-state index in [0.717, 1.165) is 43.1 Å². The normalized spacial score (nSPS) is 17.0. The topological polar surface area (TPSA) is 61.4 Å². The fourth-order valence-corrected chi connectivity index (χ4v) is 3.12. The number of nitrogens with zero attached hydrogens (tertiary/aromatic N) is 4. The summed E-state index contributed by atoms with van der Waals surface area (Å²) in [5.41, 5.74) is 0.808. The van der Waals surface area contributed by atoms with Crippen molar-refractivity contribution in [3.05, 3.63) is 48.0 Å². The third-order valence-electron chi connectivity index (χ3n) is 4.48. The summed E-state index contributed by atoms with van der Waals surface area (Å²) in [4.78, 5) is 25.0. The molecule has 0 aliphatic carbocycles. The van der Waals surface area contributed by atoms with Crippen molar-refractivity contribution in [2.75, 3.05) is 37.0 Å². The molecule has 1 aromatic heterocycles. The first-order chi connectivity index (χ1) is 12.5. The Morgan fingerprint density at radius 2 is 2.08 bits per heavy atom. The molecule has 2 aromatic rings. The minimum Gasteiger partial charge on any atom is -0.363 e. The summed E-state index contributed by atoms with van der Waals surface area (Å²) >= 11 is 0. The van der Waals surface area contributed by atoms with Crippen LogP contribution >= 0.6 is 0 Å². The highest BCUT2D eigenvalue weighted by molar-refractivity contribution is 5.79. The SMILES string of the molecule is CN(C)c1cc(N2CCCC(NC(=O)Cc3ccc(F)cc3)C2)ncn1. The number of hydrogen-bond donors (Lipinski definition) is 1. The number of nitrogens with one attached hydrogen (secondary N) is 1. The highest BCUT2D eigenvalue weighted by Gasteiger charge is 2.22. The fraction of sp³-hybridized carbons (Fsp3) is 0.421. The molecule has 1 aliphatic heterocycles. The number of piperidine rings is 1. The molecule has 26 heavy (non-hydrogen) atoms. The predicted octanol–water partition coefficient (Wildman–Crippen LogP) is 2.01. The lowest BCUT2D eigenvalue weighted by Gasteiger charge is -2.34. The van der Waals surface area contributed by atoms with E-state index >= 15 is 0 Å².